The van der Waals surface area contributed by atoms with E-state index < -0.39 is 0 Å². The highest BCUT2D eigenvalue weighted by Gasteiger charge is 2.08. The van der Waals surface area contributed by atoms with Crippen molar-refractivity contribution in [3.05, 3.63) is 65.7 Å². The molecule has 1 unspecified atom stereocenters. The molecule has 0 saturated heterocycles. The van der Waals surface area contributed by atoms with Crippen LogP contribution in [0.2, 0.25) is 0 Å². The van der Waals surface area contributed by atoms with Gasteiger partial charge in [0.15, 0.2) is 0 Å². The molecule has 0 radical (unpaired) electrons. The first-order valence-corrected chi connectivity index (χ1v) is 6.49. The second-order valence-electron chi connectivity index (χ2n) is 4.47. The Morgan fingerprint density at radius 3 is 2.65 bits per heavy atom. The van der Waals surface area contributed by atoms with E-state index >= 15 is 0 Å². The molecule has 3 nitrogen and oxygen atoms in total. The third-order valence-corrected chi connectivity index (χ3v) is 3.03. The number of ether oxygens (including phenoxy) is 1. The lowest BCUT2D eigenvalue weighted by Gasteiger charge is -2.15. The number of benzene rings is 2. The maximum Gasteiger partial charge on any atom is 0.120 e. The average molecular weight is 266 g/mol. The van der Waals surface area contributed by atoms with Crippen LogP contribution in [0.25, 0.3) is 0 Å². The van der Waals surface area contributed by atoms with Crippen LogP contribution < -0.4 is 16.0 Å². The zero-order valence-corrected chi connectivity index (χ0v) is 11.3. The van der Waals surface area contributed by atoms with Crippen LogP contribution in [0, 0.1) is 12.3 Å². The van der Waals surface area contributed by atoms with Crippen molar-refractivity contribution in [2.45, 2.75) is 19.1 Å². The predicted molar refractivity (Wildman–Crippen MR) is 80.7 cm³/mol. The van der Waals surface area contributed by atoms with E-state index in [-0.39, 0.29) is 6.04 Å². The van der Waals surface area contributed by atoms with Crippen molar-refractivity contribution in [2.24, 2.45) is 5.84 Å². The van der Waals surface area contributed by atoms with E-state index in [0.29, 0.717) is 13.0 Å². The van der Waals surface area contributed by atoms with Gasteiger partial charge in [0.25, 0.3) is 0 Å². The Labute approximate surface area is 119 Å². The molecular formula is C17H18N2O. The summed E-state index contributed by atoms with van der Waals surface area (Å²) in [4.78, 5) is 0. The maximum atomic E-state index is 5.79. The van der Waals surface area contributed by atoms with Gasteiger partial charge >= 0.3 is 0 Å². The monoisotopic (exact) mass is 266 g/mol. The topological polar surface area (TPSA) is 47.3 Å². The molecule has 0 aliphatic heterocycles. The van der Waals surface area contributed by atoms with Crippen molar-refractivity contribution in [1.29, 1.82) is 0 Å². The lowest BCUT2D eigenvalue weighted by atomic mass is 10.0. The van der Waals surface area contributed by atoms with Gasteiger partial charge in [0.2, 0.25) is 0 Å². The fraction of sp³-hybridized carbons (Fsp3) is 0.176. The van der Waals surface area contributed by atoms with Gasteiger partial charge in [0.05, 0.1) is 6.04 Å². The molecule has 102 valence electrons. The van der Waals surface area contributed by atoms with E-state index in [2.05, 4.69) is 11.3 Å². The van der Waals surface area contributed by atoms with Gasteiger partial charge in [-0.1, -0.05) is 42.5 Å². The zero-order chi connectivity index (χ0) is 14.2. The van der Waals surface area contributed by atoms with Crippen molar-refractivity contribution in [3.63, 3.8) is 0 Å². The summed E-state index contributed by atoms with van der Waals surface area (Å²) in [6.07, 6.45) is 5.88. The van der Waals surface area contributed by atoms with Crippen LogP contribution in [0.1, 0.15) is 23.6 Å². The fourth-order valence-corrected chi connectivity index (χ4v) is 1.95. The van der Waals surface area contributed by atoms with E-state index in [9.17, 15) is 0 Å². The van der Waals surface area contributed by atoms with Gasteiger partial charge in [0.1, 0.15) is 12.4 Å². The summed E-state index contributed by atoms with van der Waals surface area (Å²) in [6, 6.07) is 17.8. The molecule has 0 amide bonds. The molecule has 3 N–H and O–H groups in total. The normalized spacial score (nSPS) is 11.6. The predicted octanol–water partition coefficient (Wildman–Crippen LogP) is 2.79. The third-order valence-electron chi connectivity index (χ3n) is 3.03. The Morgan fingerprint density at radius 2 is 1.95 bits per heavy atom. The first-order chi connectivity index (χ1) is 9.83. The van der Waals surface area contributed by atoms with E-state index in [1.165, 1.54) is 0 Å². The molecule has 2 aromatic rings. The van der Waals surface area contributed by atoms with Gasteiger partial charge in [0, 0.05) is 6.42 Å². The van der Waals surface area contributed by atoms with Crippen LogP contribution in [-0.4, -0.2) is 0 Å². The highest BCUT2D eigenvalue weighted by atomic mass is 16.5. The quantitative estimate of drug-likeness (QED) is 0.480. The van der Waals surface area contributed by atoms with Gasteiger partial charge in [-0.3, -0.25) is 11.3 Å². The Kier molecular flexibility index (Phi) is 5.19. The molecule has 3 heteroatoms. The SMILES string of the molecule is C#CCC(NN)c1cccc(OCc2ccccc2)c1. The smallest absolute Gasteiger partial charge is 0.120 e. The lowest BCUT2D eigenvalue weighted by molar-refractivity contribution is 0.305. The van der Waals surface area contributed by atoms with Crippen LogP contribution in [0.15, 0.2) is 54.6 Å². The Bertz CT molecular complexity index is 575. The fourth-order valence-electron chi connectivity index (χ4n) is 1.95. The molecule has 0 aliphatic carbocycles. The Balaban J connectivity index is 2.04. The van der Waals surface area contributed by atoms with Crippen molar-refractivity contribution in [3.8, 4) is 18.1 Å². The van der Waals surface area contributed by atoms with Crippen LogP contribution in [0.4, 0.5) is 0 Å². The molecule has 0 fully saturated rings. The highest BCUT2D eigenvalue weighted by molar-refractivity contribution is 5.31. The summed E-state index contributed by atoms with van der Waals surface area (Å²) in [5.74, 6) is 8.94. The van der Waals surface area contributed by atoms with Crippen LogP contribution >= 0.6 is 0 Å². The molecule has 0 bridgehead atoms. The minimum atomic E-state index is -0.0553. The summed E-state index contributed by atoms with van der Waals surface area (Å²) in [6.45, 7) is 0.542. The second kappa shape index (κ2) is 7.34. The number of hydrazine groups is 1. The maximum absolute atomic E-state index is 5.79. The van der Waals surface area contributed by atoms with E-state index in [1.807, 2.05) is 54.6 Å². The third kappa shape index (κ3) is 3.86. The summed E-state index contributed by atoms with van der Waals surface area (Å²) >= 11 is 0. The molecule has 0 spiro atoms. The molecule has 1 atom stereocenters. The van der Waals surface area contributed by atoms with Gasteiger partial charge < -0.3 is 4.74 Å². The first-order valence-electron chi connectivity index (χ1n) is 6.49. The highest BCUT2D eigenvalue weighted by Crippen LogP contribution is 2.21. The van der Waals surface area contributed by atoms with E-state index in [4.69, 9.17) is 17.0 Å². The molecule has 20 heavy (non-hydrogen) atoms. The first kappa shape index (κ1) is 14.1. The van der Waals surface area contributed by atoms with Gasteiger partial charge in [-0.2, -0.15) is 0 Å². The molecule has 0 aromatic heterocycles. The summed E-state index contributed by atoms with van der Waals surface area (Å²) in [5.41, 5.74) is 4.88. The molecule has 0 saturated carbocycles. The number of hydrogen-bond donors (Lipinski definition) is 2. The molecule has 2 aromatic carbocycles. The minimum Gasteiger partial charge on any atom is -0.489 e. The number of hydrogen-bond acceptors (Lipinski definition) is 3. The molecule has 0 aliphatic rings. The van der Waals surface area contributed by atoms with Crippen molar-refractivity contribution in [1.82, 2.24) is 5.43 Å². The standard InChI is InChI=1S/C17H18N2O/c1-2-7-17(19-18)15-10-6-11-16(12-15)20-13-14-8-4-3-5-9-14/h1,3-6,8-12,17,19H,7,13,18H2. The summed E-state index contributed by atoms with van der Waals surface area (Å²) in [7, 11) is 0. The largest absolute Gasteiger partial charge is 0.489 e. The van der Waals surface area contributed by atoms with E-state index in [0.717, 1.165) is 16.9 Å². The number of terminal acetylenes is 1. The van der Waals surface area contributed by atoms with Gasteiger partial charge in [-0.15, -0.1) is 12.3 Å². The van der Waals surface area contributed by atoms with Crippen molar-refractivity contribution < 1.29 is 4.74 Å². The van der Waals surface area contributed by atoms with Crippen LogP contribution in [0.3, 0.4) is 0 Å². The minimum absolute atomic E-state index is 0.0553. The van der Waals surface area contributed by atoms with E-state index in [1.54, 1.807) is 0 Å². The second-order valence-corrected chi connectivity index (χ2v) is 4.47. The number of nitrogens with one attached hydrogen (secondary N) is 1. The zero-order valence-electron chi connectivity index (χ0n) is 11.3. The van der Waals surface area contributed by atoms with Crippen molar-refractivity contribution in [2.75, 3.05) is 0 Å². The summed E-state index contributed by atoms with van der Waals surface area (Å²) < 4.78 is 5.79. The lowest BCUT2D eigenvalue weighted by Crippen LogP contribution is -2.27. The Morgan fingerprint density at radius 1 is 1.15 bits per heavy atom. The number of nitrogens with two attached hydrogens (primary N) is 1. The van der Waals surface area contributed by atoms with Crippen LogP contribution in [0.5, 0.6) is 5.75 Å². The molecular weight excluding hydrogens is 248 g/mol. The number of rotatable bonds is 6. The van der Waals surface area contributed by atoms with Gasteiger partial charge in [-0.05, 0) is 23.3 Å². The van der Waals surface area contributed by atoms with Gasteiger partial charge in [-0.25, -0.2) is 0 Å². The average Bonchev–Trinajstić information content (AvgIpc) is 2.52. The Hall–Kier alpha value is -2.28. The molecule has 0 heterocycles. The van der Waals surface area contributed by atoms with Crippen molar-refractivity contribution >= 4 is 0 Å². The summed E-state index contributed by atoms with van der Waals surface area (Å²) in [5, 5.41) is 0. The van der Waals surface area contributed by atoms with Crippen LogP contribution in [-0.2, 0) is 6.61 Å². The molecule has 2 rings (SSSR count).